The van der Waals surface area contributed by atoms with Gasteiger partial charge in [-0.05, 0) is 49.1 Å². The first kappa shape index (κ1) is 27.8. The highest BCUT2D eigenvalue weighted by atomic mass is 19.1. The summed E-state index contributed by atoms with van der Waals surface area (Å²) in [5.41, 5.74) is 2.34. The summed E-state index contributed by atoms with van der Waals surface area (Å²) in [4.78, 5) is 43.4. The molecular formula is C32H33FN2O4. The molecule has 0 atom stereocenters. The minimum absolute atomic E-state index is 0.00581. The van der Waals surface area contributed by atoms with Crippen LogP contribution in [0.4, 0.5) is 4.39 Å². The molecule has 0 aliphatic rings. The van der Waals surface area contributed by atoms with E-state index in [9.17, 15) is 18.8 Å². The number of fused-ring (bicyclic) bond motifs is 1. The number of nitrogens with zero attached hydrogens (tertiary/aromatic N) is 2. The molecule has 7 heteroatoms. The van der Waals surface area contributed by atoms with Crippen molar-refractivity contribution in [2.45, 2.75) is 40.3 Å². The fraction of sp³-hybridized carbons (Fsp3) is 0.281. The molecule has 4 aromatic rings. The molecule has 0 bridgehead atoms. The minimum atomic E-state index is -0.630. The molecule has 0 unspecified atom stereocenters. The van der Waals surface area contributed by atoms with Gasteiger partial charge < -0.3 is 14.2 Å². The zero-order chi connectivity index (χ0) is 27.9. The minimum Gasteiger partial charge on any atom is -0.464 e. The average Bonchev–Trinajstić information content (AvgIpc) is 2.92. The summed E-state index contributed by atoms with van der Waals surface area (Å²) in [5, 5.41) is 0.452. The van der Waals surface area contributed by atoms with Crippen LogP contribution in [-0.4, -0.2) is 34.7 Å². The Labute approximate surface area is 227 Å². The van der Waals surface area contributed by atoms with Crippen LogP contribution in [0.25, 0.3) is 11.0 Å². The summed E-state index contributed by atoms with van der Waals surface area (Å²) in [5.74, 6) is -1.24. The number of hydrogen-bond acceptors (Lipinski definition) is 4. The predicted molar refractivity (Wildman–Crippen MR) is 150 cm³/mol. The highest BCUT2D eigenvalue weighted by molar-refractivity contribution is 5.96. The van der Waals surface area contributed by atoms with Gasteiger partial charge in [0.25, 0.3) is 5.91 Å². The van der Waals surface area contributed by atoms with E-state index in [1.165, 1.54) is 29.4 Å². The molecule has 202 valence electrons. The fourth-order valence-electron chi connectivity index (χ4n) is 4.37. The van der Waals surface area contributed by atoms with Gasteiger partial charge in [-0.1, -0.05) is 67.9 Å². The molecule has 0 spiro atoms. The Morgan fingerprint density at radius 3 is 2.36 bits per heavy atom. The maximum Gasteiger partial charge on any atom is 0.257 e. The molecule has 0 saturated heterocycles. The van der Waals surface area contributed by atoms with E-state index in [0.717, 1.165) is 11.1 Å². The zero-order valence-electron chi connectivity index (χ0n) is 22.5. The molecule has 0 fully saturated rings. The summed E-state index contributed by atoms with van der Waals surface area (Å²) in [6.07, 6.45) is 2.05. The van der Waals surface area contributed by atoms with Crippen molar-refractivity contribution in [1.29, 1.82) is 0 Å². The number of rotatable bonds is 10. The van der Waals surface area contributed by atoms with E-state index in [4.69, 9.17) is 4.42 Å². The Kier molecular flexibility index (Phi) is 8.92. The van der Waals surface area contributed by atoms with Gasteiger partial charge in [-0.25, -0.2) is 4.39 Å². The van der Waals surface area contributed by atoms with Crippen molar-refractivity contribution in [2.75, 3.05) is 13.1 Å². The van der Waals surface area contributed by atoms with Crippen molar-refractivity contribution in [3.8, 4) is 0 Å². The van der Waals surface area contributed by atoms with Crippen LogP contribution in [0.2, 0.25) is 0 Å². The van der Waals surface area contributed by atoms with E-state index >= 15 is 0 Å². The SMILES string of the molecule is Cc1ccc2occ(CN(Cc3ccccc3)C(=O)CN(CCC(C)C)C(=O)c3ccccc3F)c(=O)c2c1. The monoisotopic (exact) mass is 528 g/mol. The second-order valence-corrected chi connectivity index (χ2v) is 10.2. The second-order valence-electron chi connectivity index (χ2n) is 10.2. The van der Waals surface area contributed by atoms with Crippen molar-refractivity contribution in [1.82, 2.24) is 9.80 Å². The maximum absolute atomic E-state index is 14.5. The smallest absolute Gasteiger partial charge is 0.257 e. The molecule has 0 radical (unpaired) electrons. The normalized spacial score (nSPS) is 11.1. The fourth-order valence-corrected chi connectivity index (χ4v) is 4.37. The molecule has 39 heavy (non-hydrogen) atoms. The van der Waals surface area contributed by atoms with Crippen LogP contribution in [0.5, 0.6) is 0 Å². The van der Waals surface area contributed by atoms with Crippen molar-refractivity contribution in [2.24, 2.45) is 5.92 Å². The van der Waals surface area contributed by atoms with Gasteiger partial charge in [-0.2, -0.15) is 0 Å². The molecular weight excluding hydrogens is 495 g/mol. The third-order valence-electron chi connectivity index (χ3n) is 6.62. The first-order chi connectivity index (χ1) is 18.7. The summed E-state index contributed by atoms with van der Waals surface area (Å²) in [6.45, 7) is 6.24. The van der Waals surface area contributed by atoms with E-state index in [-0.39, 0.29) is 42.5 Å². The van der Waals surface area contributed by atoms with Gasteiger partial charge in [0.1, 0.15) is 17.9 Å². The first-order valence-corrected chi connectivity index (χ1v) is 13.1. The standard InChI is InChI=1S/C32H33FN2O4/c1-22(2)15-16-34(32(38)26-11-7-8-12-28(26)33)20-30(36)35(18-24-9-5-4-6-10-24)19-25-21-39-29-14-13-23(3)17-27(29)31(25)37/h4-14,17,21-22H,15-16,18-20H2,1-3H3. The van der Waals surface area contributed by atoms with Crippen molar-refractivity contribution in [3.05, 3.63) is 117 Å². The Bertz CT molecular complexity index is 1510. The Balaban J connectivity index is 1.65. The predicted octanol–water partition coefficient (Wildman–Crippen LogP) is 5.96. The summed E-state index contributed by atoms with van der Waals surface area (Å²) < 4.78 is 20.2. The number of carbonyl (C=O) groups excluding carboxylic acids is 2. The Morgan fingerprint density at radius 1 is 0.923 bits per heavy atom. The number of carbonyl (C=O) groups is 2. The first-order valence-electron chi connectivity index (χ1n) is 13.1. The van der Waals surface area contributed by atoms with Gasteiger partial charge in [0, 0.05) is 13.1 Å². The van der Waals surface area contributed by atoms with Crippen LogP contribution in [0.3, 0.4) is 0 Å². The molecule has 0 N–H and O–H groups in total. The molecule has 1 heterocycles. The van der Waals surface area contributed by atoms with Crippen LogP contribution in [-0.2, 0) is 17.9 Å². The van der Waals surface area contributed by atoms with Crippen LogP contribution < -0.4 is 5.43 Å². The Morgan fingerprint density at radius 2 is 1.64 bits per heavy atom. The number of benzene rings is 3. The van der Waals surface area contributed by atoms with Gasteiger partial charge in [0.15, 0.2) is 5.43 Å². The number of halogens is 1. The third-order valence-corrected chi connectivity index (χ3v) is 6.62. The molecule has 1 aromatic heterocycles. The molecule has 3 aromatic carbocycles. The van der Waals surface area contributed by atoms with Crippen LogP contribution in [0.15, 0.2) is 88.3 Å². The van der Waals surface area contributed by atoms with Gasteiger partial charge in [0.2, 0.25) is 5.91 Å². The summed E-state index contributed by atoms with van der Waals surface area (Å²) >= 11 is 0. The molecule has 2 amide bonds. The number of amides is 2. The zero-order valence-corrected chi connectivity index (χ0v) is 22.5. The van der Waals surface area contributed by atoms with E-state index < -0.39 is 11.7 Å². The van der Waals surface area contributed by atoms with Crippen LogP contribution >= 0.6 is 0 Å². The average molecular weight is 529 g/mol. The topological polar surface area (TPSA) is 70.8 Å². The van der Waals surface area contributed by atoms with Crippen molar-refractivity contribution < 1.29 is 18.4 Å². The maximum atomic E-state index is 14.5. The number of hydrogen-bond donors (Lipinski definition) is 0. The summed E-state index contributed by atoms with van der Waals surface area (Å²) in [7, 11) is 0. The van der Waals surface area contributed by atoms with Crippen molar-refractivity contribution >= 4 is 22.8 Å². The largest absolute Gasteiger partial charge is 0.464 e. The third kappa shape index (κ3) is 6.99. The van der Waals surface area contributed by atoms with E-state index in [1.807, 2.05) is 57.2 Å². The lowest BCUT2D eigenvalue weighted by molar-refractivity contribution is -0.133. The van der Waals surface area contributed by atoms with Gasteiger partial charge in [-0.3, -0.25) is 14.4 Å². The molecule has 0 aliphatic carbocycles. The van der Waals surface area contributed by atoms with E-state index in [2.05, 4.69) is 0 Å². The lowest BCUT2D eigenvalue weighted by Gasteiger charge is -2.28. The highest BCUT2D eigenvalue weighted by Gasteiger charge is 2.25. The lowest BCUT2D eigenvalue weighted by atomic mass is 10.1. The van der Waals surface area contributed by atoms with Crippen LogP contribution in [0, 0.1) is 18.7 Å². The molecule has 0 saturated carbocycles. The van der Waals surface area contributed by atoms with Gasteiger partial charge >= 0.3 is 0 Å². The molecule has 0 aliphatic heterocycles. The van der Waals surface area contributed by atoms with Crippen molar-refractivity contribution in [3.63, 3.8) is 0 Å². The van der Waals surface area contributed by atoms with E-state index in [0.29, 0.717) is 29.5 Å². The quantitative estimate of drug-likeness (QED) is 0.255. The molecule has 6 nitrogen and oxygen atoms in total. The summed E-state index contributed by atoms with van der Waals surface area (Å²) in [6, 6.07) is 20.6. The van der Waals surface area contributed by atoms with E-state index in [1.54, 1.807) is 23.1 Å². The van der Waals surface area contributed by atoms with Crippen LogP contribution in [0.1, 0.15) is 47.3 Å². The van der Waals surface area contributed by atoms with Gasteiger partial charge in [-0.15, -0.1) is 0 Å². The Hall–Kier alpha value is -4.26. The van der Waals surface area contributed by atoms with Gasteiger partial charge in [0.05, 0.1) is 29.3 Å². The second kappa shape index (κ2) is 12.5. The molecule has 4 rings (SSSR count). The number of aryl methyl sites for hydroxylation is 1. The lowest BCUT2D eigenvalue weighted by Crippen LogP contribution is -2.43. The highest BCUT2D eigenvalue weighted by Crippen LogP contribution is 2.17.